The Morgan fingerprint density at radius 2 is 2.14 bits per heavy atom. The van der Waals surface area contributed by atoms with Gasteiger partial charge in [-0.05, 0) is 56.2 Å². The lowest BCUT2D eigenvalue weighted by Crippen LogP contribution is -2.29. The summed E-state index contributed by atoms with van der Waals surface area (Å²) < 4.78 is 23.6. The average Bonchev–Trinajstić information content (AvgIpc) is 3.67. The molecule has 4 aromatic rings. The van der Waals surface area contributed by atoms with E-state index in [9.17, 15) is 9.65 Å². The van der Waals surface area contributed by atoms with Crippen molar-refractivity contribution in [2.45, 2.75) is 38.1 Å². The summed E-state index contributed by atoms with van der Waals surface area (Å²) in [6.45, 7) is 3.59. The molecule has 2 aliphatic rings. The van der Waals surface area contributed by atoms with E-state index in [1.165, 1.54) is 0 Å². The van der Waals surface area contributed by atoms with Crippen molar-refractivity contribution < 1.29 is 9.13 Å². The van der Waals surface area contributed by atoms with Crippen LogP contribution < -0.4 is 10.6 Å². The second-order valence-electron chi connectivity index (χ2n) is 9.02. The molecule has 3 aromatic heterocycles. The molecule has 0 amide bonds. The Hall–Kier alpha value is -3.81. The minimum atomic E-state index is -0.916. The predicted octanol–water partition coefficient (Wildman–Crippen LogP) is 3.36. The fraction of sp³-hybridized carbons (Fsp3) is 0.360. The van der Waals surface area contributed by atoms with Crippen LogP contribution in [0.4, 0.5) is 10.1 Å². The van der Waals surface area contributed by atoms with Gasteiger partial charge < -0.3 is 15.4 Å². The Morgan fingerprint density at radius 3 is 2.89 bits per heavy atom. The number of anilines is 1. The second kappa shape index (κ2) is 8.76. The number of hydrogen-bond acceptors (Lipinski definition) is 7. The molecule has 0 bridgehead atoms. The van der Waals surface area contributed by atoms with Crippen molar-refractivity contribution >= 4 is 16.7 Å². The van der Waals surface area contributed by atoms with Gasteiger partial charge in [0.25, 0.3) is 0 Å². The molecule has 35 heavy (non-hydrogen) atoms. The molecule has 2 saturated heterocycles. The van der Waals surface area contributed by atoms with Gasteiger partial charge in [-0.3, -0.25) is 4.57 Å². The van der Waals surface area contributed by atoms with Crippen molar-refractivity contribution in [3.8, 4) is 17.7 Å². The quantitative estimate of drug-likeness (QED) is 0.459. The third kappa shape index (κ3) is 3.92. The molecule has 6 rings (SSSR count). The van der Waals surface area contributed by atoms with Crippen LogP contribution in [0.15, 0.2) is 42.7 Å². The Kier molecular flexibility index (Phi) is 5.43. The molecule has 0 radical (unpaired) electrons. The number of aromatic nitrogens is 5. The molecule has 5 heterocycles. The summed E-state index contributed by atoms with van der Waals surface area (Å²) in [5, 5.41) is 20.1. The van der Waals surface area contributed by atoms with E-state index in [1.807, 2.05) is 41.8 Å². The number of aryl methyl sites for hydroxylation is 1. The molecular weight excluding hydrogens is 447 g/mol. The number of nitrogens with zero attached hydrogens (tertiary/aromatic N) is 6. The van der Waals surface area contributed by atoms with Gasteiger partial charge in [-0.25, -0.2) is 19.0 Å². The number of rotatable bonds is 5. The minimum Gasteiger partial charge on any atom is -0.378 e. The first-order valence-electron chi connectivity index (χ1n) is 11.8. The van der Waals surface area contributed by atoms with Gasteiger partial charge in [-0.1, -0.05) is 0 Å². The van der Waals surface area contributed by atoms with E-state index in [2.05, 4.69) is 26.8 Å². The largest absolute Gasteiger partial charge is 0.378 e. The number of ether oxygens (including phenoxy) is 1. The smallest absolute Gasteiger partial charge is 0.163 e. The minimum absolute atomic E-state index is 0.0572. The fourth-order valence-electron chi connectivity index (χ4n) is 4.86. The van der Waals surface area contributed by atoms with Crippen LogP contribution in [-0.2, 0) is 4.74 Å². The molecule has 2 N–H and O–H groups in total. The average molecular weight is 473 g/mol. The van der Waals surface area contributed by atoms with Gasteiger partial charge in [0.15, 0.2) is 11.5 Å². The molecule has 9 nitrogen and oxygen atoms in total. The summed E-state index contributed by atoms with van der Waals surface area (Å²) in [5.74, 6) is 1.33. The normalized spacial score (nSPS) is 22.0. The highest BCUT2D eigenvalue weighted by atomic mass is 19.1. The van der Waals surface area contributed by atoms with Crippen molar-refractivity contribution in [1.29, 1.82) is 5.26 Å². The summed E-state index contributed by atoms with van der Waals surface area (Å²) in [6, 6.07) is 13.4. The van der Waals surface area contributed by atoms with E-state index in [0.29, 0.717) is 30.4 Å². The number of fused-ring (bicyclic) bond motifs is 1. The zero-order valence-corrected chi connectivity index (χ0v) is 19.3. The first-order valence-corrected chi connectivity index (χ1v) is 11.8. The summed E-state index contributed by atoms with van der Waals surface area (Å²) in [5.41, 5.74) is 4.61. The molecular formula is C25H25FN8O. The van der Waals surface area contributed by atoms with Crippen molar-refractivity contribution in [2.24, 2.45) is 0 Å². The lowest BCUT2D eigenvalue weighted by Gasteiger charge is -2.17. The Labute approximate surface area is 201 Å². The van der Waals surface area contributed by atoms with E-state index in [4.69, 9.17) is 9.72 Å². The molecule has 1 unspecified atom stereocenters. The first-order chi connectivity index (χ1) is 17.1. The highest BCUT2D eigenvalue weighted by Crippen LogP contribution is 2.33. The van der Waals surface area contributed by atoms with E-state index in [1.54, 1.807) is 17.1 Å². The monoisotopic (exact) mass is 472 g/mol. The number of imidazole rings is 1. The van der Waals surface area contributed by atoms with Crippen molar-refractivity contribution in [2.75, 3.05) is 25.0 Å². The number of hydrogen-bond donors (Lipinski definition) is 2. The molecule has 1 aromatic carbocycles. The number of halogens is 1. The van der Waals surface area contributed by atoms with Crippen molar-refractivity contribution in [3.63, 3.8) is 0 Å². The van der Waals surface area contributed by atoms with Crippen molar-refractivity contribution in [3.05, 3.63) is 59.7 Å². The van der Waals surface area contributed by atoms with Gasteiger partial charge in [0.1, 0.15) is 24.4 Å². The van der Waals surface area contributed by atoms with Gasteiger partial charge >= 0.3 is 0 Å². The van der Waals surface area contributed by atoms with Crippen LogP contribution >= 0.6 is 0 Å². The lowest BCUT2D eigenvalue weighted by atomic mass is 10.1. The SMILES string of the molecule is Cc1cc(C#N)nn1-c1nc(-n2cnc3cc(N[C@@H]4CNC[C@@H]4F)ccc32)ccc1C1CCCO1. The van der Waals surface area contributed by atoms with Crippen LogP contribution in [0.3, 0.4) is 0 Å². The highest BCUT2D eigenvalue weighted by molar-refractivity contribution is 5.81. The topological polar surface area (TPSA) is 106 Å². The zero-order valence-electron chi connectivity index (χ0n) is 19.3. The van der Waals surface area contributed by atoms with Crippen LogP contribution in [0.25, 0.3) is 22.7 Å². The van der Waals surface area contributed by atoms with Gasteiger partial charge in [0.05, 0.1) is 23.2 Å². The van der Waals surface area contributed by atoms with Gasteiger partial charge in [-0.2, -0.15) is 10.4 Å². The Balaban J connectivity index is 1.39. The molecule has 2 aliphatic heterocycles. The van der Waals surface area contributed by atoms with E-state index < -0.39 is 6.17 Å². The van der Waals surface area contributed by atoms with Crippen LogP contribution in [0, 0.1) is 18.3 Å². The number of alkyl halides is 1. The van der Waals surface area contributed by atoms with Gasteiger partial charge in [0, 0.05) is 36.6 Å². The van der Waals surface area contributed by atoms with Crippen LogP contribution in [-0.4, -0.2) is 56.2 Å². The summed E-state index contributed by atoms with van der Waals surface area (Å²) in [4.78, 5) is 9.53. The van der Waals surface area contributed by atoms with E-state index in [0.717, 1.165) is 47.4 Å². The molecule has 2 fully saturated rings. The van der Waals surface area contributed by atoms with Crippen LogP contribution in [0.5, 0.6) is 0 Å². The van der Waals surface area contributed by atoms with Crippen LogP contribution in [0.1, 0.15) is 35.9 Å². The summed E-state index contributed by atoms with van der Waals surface area (Å²) in [6.07, 6.45) is 2.67. The lowest BCUT2D eigenvalue weighted by molar-refractivity contribution is 0.111. The second-order valence-corrected chi connectivity index (χ2v) is 9.02. The molecule has 0 saturated carbocycles. The van der Waals surface area contributed by atoms with Crippen molar-refractivity contribution in [1.82, 2.24) is 29.6 Å². The highest BCUT2D eigenvalue weighted by Gasteiger charge is 2.27. The number of nitriles is 1. The molecule has 0 spiro atoms. The molecule has 0 aliphatic carbocycles. The van der Waals surface area contributed by atoms with Gasteiger partial charge in [-0.15, -0.1) is 0 Å². The third-order valence-corrected chi connectivity index (χ3v) is 6.66. The molecule has 178 valence electrons. The number of nitrogens with one attached hydrogen (secondary N) is 2. The predicted molar refractivity (Wildman–Crippen MR) is 129 cm³/mol. The number of benzene rings is 1. The standard InChI is InChI=1S/C25H25FN8O/c1-15-9-17(11-27)32-34(15)25-18(23-3-2-8-35-23)5-7-24(31-25)33-14-29-20-10-16(4-6-22(20)33)30-21-13-28-12-19(21)26/h4-7,9-10,14,19,21,23,28,30H,2-3,8,12-13H2,1H3/t19-,21+,23?/m0/s1. The fourth-order valence-corrected chi connectivity index (χ4v) is 4.86. The van der Waals surface area contributed by atoms with E-state index in [-0.39, 0.29) is 12.1 Å². The van der Waals surface area contributed by atoms with E-state index >= 15 is 0 Å². The maximum Gasteiger partial charge on any atom is 0.163 e. The first kappa shape index (κ1) is 21.7. The Bertz CT molecular complexity index is 1430. The maximum absolute atomic E-state index is 14.0. The van der Waals surface area contributed by atoms with Gasteiger partial charge in [0.2, 0.25) is 0 Å². The molecule has 3 atom stereocenters. The number of pyridine rings is 1. The Morgan fingerprint density at radius 1 is 1.23 bits per heavy atom. The zero-order chi connectivity index (χ0) is 23.9. The summed E-state index contributed by atoms with van der Waals surface area (Å²) >= 11 is 0. The third-order valence-electron chi connectivity index (χ3n) is 6.66. The molecule has 10 heteroatoms. The summed E-state index contributed by atoms with van der Waals surface area (Å²) in [7, 11) is 0. The maximum atomic E-state index is 14.0. The van der Waals surface area contributed by atoms with Crippen LogP contribution in [0.2, 0.25) is 0 Å².